The average molecular weight is 573 g/mol. The van der Waals surface area contributed by atoms with Gasteiger partial charge in [0.1, 0.15) is 28.6 Å². The second kappa shape index (κ2) is 10.5. The molecule has 202 valence electrons. The number of fused-ring (bicyclic) bond motifs is 1. The van der Waals surface area contributed by atoms with E-state index in [2.05, 4.69) is 15.5 Å². The minimum absolute atomic E-state index is 0.0344. The summed E-state index contributed by atoms with van der Waals surface area (Å²) in [4.78, 5) is 57.4. The van der Waals surface area contributed by atoms with Crippen LogP contribution in [0.5, 0.6) is 0 Å². The summed E-state index contributed by atoms with van der Waals surface area (Å²) in [6.07, 6.45) is 1.91. The molecule has 3 amide bonds. The molecule has 3 aliphatic heterocycles. The molecule has 0 spiro atoms. The van der Waals surface area contributed by atoms with Crippen molar-refractivity contribution >= 4 is 57.6 Å². The van der Waals surface area contributed by atoms with Crippen LogP contribution in [-0.2, 0) is 25.7 Å². The topological polar surface area (TPSA) is 179 Å². The van der Waals surface area contributed by atoms with Gasteiger partial charge in [0, 0.05) is 29.8 Å². The maximum absolute atomic E-state index is 13.2. The van der Waals surface area contributed by atoms with Crippen molar-refractivity contribution in [2.45, 2.75) is 24.4 Å². The van der Waals surface area contributed by atoms with E-state index < -0.39 is 34.9 Å². The fourth-order valence-electron chi connectivity index (χ4n) is 4.55. The number of rotatable bonds is 7. The van der Waals surface area contributed by atoms with E-state index in [9.17, 15) is 33.9 Å². The van der Waals surface area contributed by atoms with E-state index in [1.54, 1.807) is 17.0 Å². The molecule has 15 heteroatoms. The summed E-state index contributed by atoms with van der Waals surface area (Å²) in [6.45, 7) is 0.709. The van der Waals surface area contributed by atoms with Gasteiger partial charge in [-0.1, -0.05) is 17.3 Å². The number of carbonyl (C=O) groups excluding carboxylic acids is 3. The molecule has 1 aromatic heterocycles. The number of amides is 3. The Bertz CT molecular complexity index is 1470. The largest absolute Gasteiger partial charge is 0.477 e. The number of oxime groups is 1. The molecule has 0 unspecified atom stereocenters. The average Bonchev–Trinajstić information content (AvgIpc) is 3.49. The van der Waals surface area contributed by atoms with Crippen molar-refractivity contribution in [2.75, 3.05) is 18.0 Å². The van der Waals surface area contributed by atoms with Crippen LogP contribution >= 0.6 is 23.1 Å². The van der Waals surface area contributed by atoms with E-state index in [1.165, 1.54) is 35.4 Å². The summed E-state index contributed by atoms with van der Waals surface area (Å²) in [5.74, 6) is -3.31. The monoisotopic (exact) mass is 572 g/mol. The summed E-state index contributed by atoms with van der Waals surface area (Å²) in [5, 5.41) is 25.5. The van der Waals surface area contributed by atoms with Crippen LogP contribution in [0.1, 0.15) is 17.7 Å². The zero-order valence-electron chi connectivity index (χ0n) is 20.0. The van der Waals surface area contributed by atoms with Crippen LogP contribution in [0.4, 0.5) is 9.52 Å². The van der Waals surface area contributed by atoms with Crippen molar-refractivity contribution in [2.24, 2.45) is 5.16 Å². The number of carboxylic acid groups (broad SMARTS) is 1. The first-order chi connectivity index (χ1) is 18.7. The molecule has 1 aromatic carbocycles. The van der Waals surface area contributed by atoms with Crippen molar-refractivity contribution in [3.63, 3.8) is 0 Å². The molecule has 0 aliphatic carbocycles. The maximum Gasteiger partial charge on any atom is 0.352 e. The van der Waals surface area contributed by atoms with Gasteiger partial charge < -0.3 is 26.3 Å². The zero-order chi connectivity index (χ0) is 27.8. The number of β-lactam (4-membered cyclic amide) rings is 1. The number of aliphatic carboxylic acids is 1. The van der Waals surface area contributed by atoms with Gasteiger partial charge in [0.25, 0.3) is 11.8 Å². The van der Waals surface area contributed by atoms with Crippen molar-refractivity contribution in [1.82, 2.24) is 20.1 Å². The Hall–Kier alpha value is -4.24. The Balaban J connectivity index is 1.31. The fraction of sp³-hybridized carbons (Fsp3) is 0.250. The molecule has 5 rings (SSSR count). The standard InChI is InChI=1S/C24H21FN6O6S2/c25-14-3-1-11(2-4-14)8-30-6-5-12(20(30)33)7-13-9-38-22-17(21(34)31(22)18(13)23(35)36)28-19(32)16(29-37)15-10-39-24(26)27-15/h1-4,7,10,17,22,37H,5-6,8-9H2,(H2,26,27)(H,28,32)(H,35,36)/t17-,22-/m1/s1. The number of thiazole rings is 1. The number of allylic oxidation sites excluding steroid dienone is 1. The molecule has 0 bridgehead atoms. The molecule has 0 radical (unpaired) electrons. The highest BCUT2D eigenvalue weighted by Crippen LogP contribution is 2.41. The number of nitrogens with zero attached hydrogens (tertiary/aromatic N) is 4. The quantitative estimate of drug-likeness (QED) is 0.124. The third-order valence-corrected chi connectivity index (χ3v) is 8.39. The van der Waals surface area contributed by atoms with Gasteiger partial charge in [-0.15, -0.1) is 23.1 Å². The number of nitrogen functional groups attached to an aromatic ring is 1. The predicted molar refractivity (Wildman–Crippen MR) is 139 cm³/mol. The minimum Gasteiger partial charge on any atom is -0.477 e. The molecular formula is C24H21FN6O6S2. The second-order valence-corrected chi connectivity index (χ2v) is 10.8. The molecule has 12 nitrogen and oxygen atoms in total. The van der Waals surface area contributed by atoms with Gasteiger partial charge in [0.05, 0.1) is 0 Å². The SMILES string of the molecule is Nc1nc(C(=NO)C(=O)N[C@@H]2C(=O)N3C(C(=O)O)=C(C=C4CCN(Cc5ccc(F)cc5)C4=O)CS[C@H]23)cs1. The molecule has 39 heavy (non-hydrogen) atoms. The van der Waals surface area contributed by atoms with Gasteiger partial charge in [0.2, 0.25) is 5.91 Å². The zero-order valence-corrected chi connectivity index (χ0v) is 21.7. The third kappa shape index (κ3) is 4.97. The number of benzene rings is 1. The Kier molecular flexibility index (Phi) is 7.10. The summed E-state index contributed by atoms with van der Waals surface area (Å²) < 4.78 is 13.2. The highest BCUT2D eigenvalue weighted by molar-refractivity contribution is 8.00. The number of hydrogen-bond donors (Lipinski definition) is 4. The second-order valence-electron chi connectivity index (χ2n) is 8.83. The first kappa shape index (κ1) is 26.4. The number of halogens is 1. The van der Waals surface area contributed by atoms with Gasteiger partial charge in [0.15, 0.2) is 10.8 Å². The van der Waals surface area contributed by atoms with Crippen molar-refractivity contribution in [3.8, 4) is 0 Å². The first-order valence-electron chi connectivity index (χ1n) is 11.6. The minimum atomic E-state index is -1.34. The van der Waals surface area contributed by atoms with Gasteiger partial charge in [-0.2, -0.15) is 0 Å². The summed E-state index contributed by atoms with van der Waals surface area (Å²) in [5.41, 5.74) is 6.40. The number of carbonyl (C=O) groups is 4. The lowest BCUT2D eigenvalue weighted by Crippen LogP contribution is -2.71. The van der Waals surface area contributed by atoms with E-state index in [4.69, 9.17) is 5.73 Å². The molecule has 2 saturated heterocycles. The number of carboxylic acids is 1. The van der Waals surface area contributed by atoms with E-state index in [-0.39, 0.29) is 40.5 Å². The smallest absolute Gasteiger partial charge is 0.352 e. The molecule has 4 heterocycles. The number of nitrogens with one attached hydrogen (secondary N) is 1. The van der Waals surface area contributed by atoms with Crippen molar-refractivity contribution in [3.05, 3.63) is 69.6 Å². The lowest BCUT2D eigenvalue weighted by molar-refractivity contribution is -0.150. The molecule has 2 atom stereocenters. The number of thioether (sulfide) groups is 1. The Morgan fingerprint density at radius 2 is 2.03 bits per heavy atom. The molecular weight excluding hydrogens is 551 g/mol. The summed E-state index contributed by atoms with van der Waals surface area (Å²) >= 11 is 2.27. The van der Waals surface area contributed by atoms with Crippen LogP contribution in [0, 0.1) is 5.82 Å². The van der Waals surface area contributed by atoms with Gasteiger partial charge in [-0.25, -0.2) is 14.2 Å². The molecule has 5 N–H and O–H groups in total. The number of likely N-dealkylation sites (tertiary alicyclic amines) is 1. The molecule has 2 aromatic rings. The van der Waals surface area contributed by atoms with Crippen LogP contribution in [-0.4, -0.2) is 78.2 Å². The van der Waals surface area contributed by atoms with Crippen LogP contribution in [0.15, 0.2) is 57.7 Å². The number of aromatic nitrogens is 1. The molecule has 2 fully saturated rings. The van der Waals surface area contributed by atoms with Crippen molar-refractivity contribution in [1.29, 1.82) is 0 Å². The highest BCUT2D eigenvalue weighted by Gasteiger charge is 2.54. The lowest BCUT2D eigenvalue weighted by atomic mass is 10.0. The van der Waals surface area contributed by atoms with Gasteiger partial charge in [-0.05, 0) is 35.8 Å². The van der Waals surface area contributed by atoms with Crippen molar-refractivity contribution < 1.29 is 33.9 Å². The predicted octanol–water partition coefficient (Wildman–Crippen LogP) is 1.14. The summed E-state index contributed by atoms with van der Waals surface area (Å²) in [6, 6.07) is 4.77. The molecule has 0 saturated carbocycles. The lowest BCUT2D eigenvalue weighted by Gasteiger charge is -2.49. The van der Waals surface area contributed by atoms with Crippen LogP contribution in [0.25, 0.3) is 0 Å². The first-order valence-corrected chi connectivity index (χ1v) is 13.5. The third-order valence-electron chi connectivity index (χ3n) is 6.41. The Labute approximate surface area is 228 Å². The normalized spacial score (nSPS) is 22.3. The van der Waals surface area contributed by atoms with Gasteiger partial charge >= 0.3 is 5.97 Å². The summed E-state index contributed by atoms with van der Waals surface area (Å²) in [7, 11) is 0. The Morgan fingerprint density at radius 1 is 1.28 bits per heavy atom. The Morgan fingerprint density at radius 3 is 2.67 bits per heavy atom. The fourth-order valence-corrected chi connectivity index (χ4v) is 6.40. The number of anilines is 1. The van der Waals surface area contributed by atoms with Crippen LogP contribution in [0.3, 0.4) is 0 Å². The highest BCUT2D eigenvalue weighted by atomic mass is 32.2. The van der Waals surface area contributed by atoms with E-state index in [0.29, 0.717) is 24.1 Å². The maximum atomic E-state index is 13.2. The number of hydrogen-bond acceptors (Lipinski definition) is 10. The van der Waals surface area contributed by atoms with E-state index in [0.717, 1.165) is 21.8 Å². The van der Waals surface area contributed by atoms with Gasteiger partial charge in [-0.3, -0.25) is 19.3 Å². The van der Waals surface area contributed by atoms with Crippen LogP contribution < -0.4 is 11.1 Å². The van der Waals surface area contributed by atoms with Crippen LogP contribution in [0.2, 0.25) is 0 Å². The van der Waals surface area contributed by atoms with E-state index in [1.807, 2.05) is 0 Å². The van der Waals surface area contributed by atoms with E-state index >= 15 is 0 Å². The number of nitrogens with two attached hydrogens (primary N) is 1. The molecule has 3 aliphatic rings.